The van der Waals surface area contributed by atoms with Gasteiger partial charge in [-0.15, -0.1) is 0 Å². The van der Waals surface area contributed by atoms with Gasteiger partial charge in [-0.2, -0.15) is 0 Å². The van der Waals surface area contributed by atoms with E-state index in [1.54, 1.807) is 6.07 Å². The molecular weight excluding hydrogens is 343 g/mol. The Morgan fingerprint density at radius 3 is 2.44 bits per heavy atom. The number of nitrogens with zero attached hydrogens (tertiary/aromatic N) is 1. The molecular formula is C18H21FN2O3S. The summed E-state index contributed by atoms with van der Waals surface area (Å²) in [7, 11) is -2.48. The lowest BCUT2D eigenvalue weighted by Gasteiger charge is -2.20. The smallest absolute Gasteiger partial charge is 0.264 e. The number of nitrogens with one attached hydrogen (secondary N) is 1. The summed E-state index contributed by atoms with van der Waals surface area (Å²) >= 11 is 0. The van der Waals surface area contributed by atoms with Gasteiger partial charge < -0.3 is 5.32 Å². The minimum Gasteiger partial charge on any atom is -0.350 e. The number of benzene rings is 2. The van der Waals surface area contributed by atoms with Gasteiger partial charge in [0.05, 0.1) is 10.6 Å². The number of halogens is 1. The van der Waals surface area contributed by atoms with E-state index in [0.29, 0.717) is 5.69 Å². The third-order valence-electron chi connectivity index (χ3n) is 3.93. The number of anilines is 1. The van der Waals surface area contributed by atoms with Gasteiger partial charge in [0.1, 0.15) is 5.82 Å². The molecule has 0 heterocycles. The average molecular weight is 364 g/mol. The molecule has 1 atom stereocenters. The molecule has 0 aromatic heterocycles. The van der Waals surface area contributed by atoms with Gasteiger partial charge in [0, 0.05) is 18.7 Å². The van der Waals surface area contributed by atoms with Crippen LogP contribution in [0.1, 0.15) is 30.6 Å². The predicted octanol–water partition coefficient (Wildman–Crippen LogP) is 3.18. The fraction of sp³-hybridized carbons (Fsp3) is 0.278. The molecule has 1 amide bonds. The summed E-state index contributed by atoms with van der Waals surface area (Å²) in [6.45, 7) is 3.82. The van der Waals surface area contributed by atoms with Crippen molar-refractivity contribution in [2.45, 2.75) is 31.2 Å². The molecule has 5 nitrogen and oxygen atoms in total. The molecule has 7 heteroatoms. The van der Waals surface area contributed by atoms with Crippen molar-refractivity contribution in [3.63, 3.8) is 0 Å². The summed E-state index contributed by atoms with van der Waals surface area (Å²) in [4.78, 5) is 12.2. The largest absolute Gasteiger partial charge is 0.350 e. The van der Waals surface area contributed by atoms with E-state index in [1.807, 2.05) is 13.8 Å². The molecule has 1 N–H and O–H groups in total. The molecule has 2 aromatic rings. The van der Waals surface area contributed by atoms with Crippen molar-refractivity contribution < 1.29 is 17.6 Å². The van der Waals surface area contributed by atoms with Crippen LogP contribution in [0.5, 0.6) is 0 Å². The van der Waals surface area contributed by atoms with Gasteiger partial charge in [-0.1, -0.05) is 13.0 Å². The van der Waals surface area contributed by atoms with Crippen LogP contribution in [0, 0.1) is 5.82 Å². The van der Waals surface area contributed by atoms with Crippen molar-refractivity contribution in [1.82, 2.24) is 5.32 Å². The van der Waals surface area contributed by atoms with Gasteiger partial charge in [0.2, 0.25) is 0 Å². The summed E-state index contributed by atoms with van der Waals surface area (Å²) in [5.74, 6) is -0.769. The first kappa shape index (κ1) is 18.9. The Bertz CT molecular complexity index is 851. The van der Waals surface area contributed by atoms with Crippen molar-refractivity contribution in [3.05, 3.63) is 59.9 Å². The maximum Gasteiger partial charge on any atom is 0.264 e. The first-order valence-electron chi connectivity index (χ1n) is 7.91. The molecule has 134 valence electrons. The summed E-state index contributed by atoms with van der Waals surface area (Å²) in [6.07, 6.45) is 0.775. The molecule has 0 aliphatic rings. The van der Waals surface area contributed by atoms with Crippen LogP contribution in [0.4, 0.5) is 10.1 Å². The Kier molecular flexibility index (Phi) is 5.79. The van der Waals surface area contributed by atoms with Crippen molar-refractivity contribution >= 4 is 21.6 Å². The van der Waals surface area contributed by atoms with Crippen LogP contribution in [0.15, 0.2) is 53.4 Å². The van der Waals surface area contributed by atoms with Crippen molar-refractivity contribution in [2.24, 2.45) is 0 Å². The first-order valence-corrected chi connectivity index (χ1v) is 9.35. The van der Waals surface area contributed by atoms with Crippen molar-refractivity contribution in [3.8, 4) is 0 Å². The second-order valence-corrected chi connectivity index (χ2v) is 7.73. The minimum atomic E-state index is -3.86. The highest BCUT2D eigenvalue weighted by Crippen LogP contribution is 2.23. The molecule has 0 saturated carbocycles. The maximum atomic E-state index is 13.0. The molecule has 0 spiro atoms. The highest BCUT2D eigenvalue weighted by Gasteiger charge is 2.22. The highest BCUT2D eigenvalue weighted by atomic mass is 32.2. The summed E-state index contributed by atoms with van der Waals surface area (Å²) < 4.78 is 39.6. The Labute approximate surface area is 147 Å². The van der Waals surface area contributed by atoms with E-state index >= 15 is 0 Å². The molecule has 0 aliphatic carbocycles. The summed E-state index contributed by atoms with van der Waals surface area (Å²) in [6, 6.07) is 11.0. The number of carbonyl (C=O) groups is 1. The second kappa shape index (κ2) is 7.65. The molecule has 0 saturated heterocycles. The van der Waals surface area contributed by atoms with Crippen LogP contribution in [-0.4, -0.2) is 27.4 Å². The van der Waals surface area contributed by atoms with Crippen LogP contribution >= 0.6 is 0 Å². The van der Waals surface area contributed by atoms with Crippen molar-refractivity contribution in [1.29, 1.82) is 0 Å². The monoisotopic (exact) mass is 364 g/mol. The number of hydrogen-bond donors (Lipinski definition) is 1. The van der Waals surface area contributed by atoms with E-state index < -0.39 is 15.8 Å². The number of sulfonamides is 1. The van der Waals surface area contributed by atoms with Crippen LogP contribution in [0.3, 0.4) is 0 Å². The van der Waals surface area contributed by atoms with Crippen molar-refractivity contribution in [2.75, 3.05) is 11.4 Å². The Morgan fingerprint density at radius 1 is 1.20 bits per heavy atom. The Balaban J connectivity index is 2.32. The maximum absolute atomic E-state index is 13.0. The van der Waals surface area contributed by atoms with Gasteiger partial charge in [-0.25, -0.2) is 12.8 Å². The average Bonchev–Trinajstić information content (AvgIpc) is 2.61. The molecule has 0 radical (unpaired) electrons. The fourth-order valence-electron chi connectivity index (χ4n) is 2.15. The molecule has 25 heavy (non-hydrogen) atoms. The molecule has 0 fully saturated rings. The topological polar surface area (TPSA) is 66.5 Å². The SMILES string of the molecule is CC[C@@H](C)NC(=O)c1cccc(S(=O)(=O)N(C)c2ccc(F)cc2)c1. The molecule has 0 aliphatic heterocycles. The Morgan fingerprint density at radius 2 is 1.84 bits per heavy atom. The van der Waals surface area contributed by atoms with Gasteiger partial charge in [-0.05, 0) is 55.8 Å². The van der Waals surface area contributed by atoms with E-state index in [9.17, 15) is 17.6 Å². The number of hydrogen-bond acceptors (Lipinski definition) is 3. The van der Waals surface area contributed by atoms with Crippen LogP contribution in [0.25, 0.3) is 0 Å². The molecule has 0 unspecified atom stereocenters. The van der Waals surface area contributed by atoms with E-state index in [-0.39, 0.29) is 22.4 Å². The van der Waals surface area contributed by atoms with E-state index in [2.05, 4.69) is 5.32 Å². The van der Waals surface area contributed by atoms with Gasteiger partial charge in [0.25, 0.3) is 15.9 Å². The molecule has 0 bridgehead atoms. The fourth-order valence-corrected chi connectivity index (χ4v) is 3.40. The van der Waals surface area contributed by atoms with E-state index in [1.165, 1.54) is 49.5 Å². The molecule has 2 rings (SSSR count). The standard InChI is InChI=1S/C18H21FN2O3S/c1-4-13(2)20-18(22)14-6-5-7-17(12-14)25(23,24)21(3)16-10-8-15(19)9-11-16/h5-13H,4H2,1-3H3,(H,20,22)/t13-/m1/s1. The second-order valence-electron chi connectivity index (χ2n) is 5.76. The zero-order chi connectivity index (χ0) is 18.6. The van der Waals surface area contributed by atoms with Crippen LogP contribution in [0.2, 0.25) is 0 Å². The lowest BCUT2D eigenvalue weighted by atomic mass is 10.2. The minimum absolute atomic E-state index is 0.00359. The normalized spacial score (nSPS) is 12.5. The number of rotatable bonds is 6. The van der Waals surface area contributed by atoms with E-state index in [0.717, 1.165) is 10.7 Å². The molecule has 2 aromatic carbocycles. The quantitative estimate of drug-likeness (QED) is 0.856. The lowest BCUT2D eigenvalue weighted by Crippen LogP contribution is -2.32. The number of carbonyl (C=O) groups excluding carboxylic acids is 1. The van der Waals surface area contributed by atoms with Gasteiger partial charge in [0.15, 0.2) is 0 Å². The summed E-state index contributed by atoms with van der Waals surface area (Å²) in [5.41, 5.74) is 0.602. The van der Waals surface area contributed by atoms with Gasteiger partial charge >= 0.3 is 0 Å². The lowest BCUT2D eigenvalue weighted by molar-refractivity contribution is 0.0939. The van der Waals surface area contributed by atoms with Crippen LogP contribution < -0.4 is 9.62 Å². The summed E-state index contributed by atoms with van der Waals surface area (Å²) in [5, 5.41) is 2.80. The first-order chi connectivity index (χ1) is 11.8. The van der Waals surface area contributed by atoms with E-state index in [4.69, 9.17) is 0 Å². The third-order valence-corrected chi connectivity index (χ3v) is 5.72. The van der Waals surface area contributed by atoms with Crippen LogP contribution in [-0.2, 0) is 10.0 Å². The zero-order valence-corrected chi connectivity index (χ0v) is 15.2. The zero-order valence-electron chi connectivity index (χ0n) is 14.4. The highest BCUT2D eigenvalue weighted by molar-refractivity contribution is 7.92. The Hall–Kier alpha value is -2.41. The van der Waals surface area contributed by atoms with Gasteiger partial charge in [-0.3, -0.25) is 9.10 Å². The number of amides is 1. The predicted molar refractivity (Wildman–Crippen MR) is 95.7 cm³/mol. The third kappa shape index (κ3) is 4.36.